The number of hydrogen-bond acceptors (Lipinski definition) is 4. The summed E-state index contributed by atoms with van der Waals surface area (Å²) in [5.74, 6) is -0.278. The van der Waals surface area contributed by atoms with E-state index in [-0.39, 0.29) is 28.7 Å². The fourth-order valence-corrected chi connectivity index (χ4v) is 5.98. The van der Waals surface area contributed by atoms with Gasteiger partial charge >= 0.3 is 0 Å². The topological polar surface area (TPSA) is 37.4 Å². The third-order valence-corrected chi connectivity index (χ3v) is 8.60. The Morgan fingerprint density at radius 2 is 1.56 bits per heavy atom. The van der Waals surface area contributed by atoms with Gasteiger partial charge in [-0.25, -0.2) is 0 Å². The Balaban J connectivity index is 2.22. The van der Waals surface area contributed by atoms with Crippen LogP contribution < -0.4 is 0 Å². The van der Waals surface area contributed by atoms with Crippen LogP contribution in [0, 0.1) is 0 Å². The zero-order valence-corrected chi connectivity index (χ0v) is 19.2. The zero-order chi connectivity index (χ0) is 20.3. The minimum Gasteiger partial charge on any atom is -0.272 e. The molecular formula is C22H29NO2S2. The first-order valence-electron chi connectivity index (χ1n) is 9.56. The Morgan fingerprint density at radius 1 is 0.963 bits per heavy atom. The summed E-state index contributed by atoms with van der Waals surface area (Å²) >= 11 is 3.37. The molecule has 0 saturated heterocycles. The molecule has 5 heteroatoms. The predicted molar refractivity (Wildman–Crippen MR) is 115 cm³/mol. The number of fused-ring (bicyclic) bond motifs is 1. The van der Waals surface area contributed by atoms with Gasteiger partial charge in [0.15, 0.2) is 0 Å². The lowest BCUT2D eigenvalue weighted by molar-refractivity contribution is 0.0608. The van der Waals surface area contributed by atoms with Gasteiger partial charge in [-0.05, 0) is 43.2 Å². The molecule has 1 aliphatic heterocycles. The maximum Gasteiger partial charge on any atom is 0.263 e. The maximum absolute atomic E-state index is 13.2. The number of rotatable bonds is 4. The third kappa shape index (κ3) is 3.19. The van der Waals surface area contributed by atoms with E-state index >= 15 is 0 Å². The highest BCUT2D eigenvalue weighted by Crippen LogP contribution is 2.49. The van der Waals surface area contributed by atoms with Crippen LogP contribution >= 0.6 is 22.7 Å². The van der Waals surface area contributed by atoms with Crippen LogP contribution in [0.25, 0.3) is 9.75 Å². The van der Waals surface area contributed by atoms with Crippen LogP contribution in [0.5, 0.6) is 0 Å². The largest absolute Gasteiger partial charge is 0.272 e. The van der Waals surface area contributed by atoms with Crippen LogP contribution in [0.4, 0.5) is 0 Å². The molecule has 2 aromatic heterocycles. The zero-order valence-electron chi connectivity index (χ0n) is 17.5. The normalized spacial score (nSPS) is 15.2. The van der Waals surface area contributed by atoms with Gasteiger partial charge in [-0.1, -0.05) is 41.5 Å². The molecule has 146 valence electrons. The second-order valence-corrected chi connectivity index (χ2v) is 11.3. The lowest BCUT2D eigenvalue weighted by atomic mass is 9.89. The minimum atomic E-state index is -0.182. The summed E-state index contributed by atoms with van der Waals surface area (Å²) in [4.78, 5) is 32.0. The standard InChI is InChI=1S/C22H29NO2S2/c1-9-22(7,8)14-11-10-13(26-14)17-15-16(18(27-17)21(4,5)6)20(25)23(12(2)3)19(15)24/h10-12H,9H2,1-8H3. The second-order valence-electron chi connectivity index (χ2n) is 9.24. The van der Waals surface area contributed by atoms with Crippen LogP contribution in [0.2, 0.25) is 0 Å². The van der Waals surface area contributed by atoms with E-state index in [1.807, 2.05) is 13.8 Å². The lowest BCUT2D eigenvalue weighted by Crippen LogP contribution is -2.36. The molecule has 1 aliphatic rings. The quantitative estimate of drug-likeness (QED) is 0.549. The van der Waals surface area contributed by atoms with Crippen molar-refractivity contribution in [1.29, 1.82) is 0 Å². The summed E-state index contributed by atoms with van der Waals surface area (Å²) in [6.07, 6.45) is 1.06. The molecule has 3 heterocycles. The molecule has 2 aromatic rings. The number of thiophene rings is 2. The van der Waals surface area contributed by atoms with E-state index in [1.54, 1.807) is 22.7 Å². The highest BCUT2D eigenvalue weighted by molar-refractivity contribution is 7.23. The molecule has 0 saturated carbocycles. The van der Waals surface area contributed by atoms with Crippen LogP contribution in [-0.4, -0.2) is 22.8 Å². The van der Waals surface area contributed by atoms with E-state index < -0.39 is 0 Å². The summed E-state index contributed by atoms with van der Waals surface area (Å²) in [7, 11) is 0. The summed E-state index contributed by atoms with van der Waals surface area (Å²) in [5, 5.41) is 0. The molecule has 0 spiro atoms. The summed E-state index contributed by atoms with van der Waals surface area (Å²) in [6, 6.07) is 4.15. The van der Waals surface area contributed by atoms with Crippen molar-refractivity contribution in [3.63, 3.8) is 0 Å². The molecule has 0 aromatic carbocycles. The Hall–Kier alpha value is -1.46. The molecule has 0 unspecified atom stereocenters. The van der Waals surface area contributed by atoms with Gasteiger partial charge in [-0.2, -0.15) is 0 Å². The third-order valence-electron chi connectivity index (χ3n) is 5.35. The Labute approximate surface area is 170 Å². The van der Waals surface area contributed by atoms with Gasteiger partial charge in [-0.15, -0.1) is 22.7 Å². The fourth-order valence-electron chi connectivity index (χ4n) is 3.34. The Morgan fingerprint density at radius 3 is 2.07 bits per heavy atom. The molecule has 0 aliphatic carbocycles. The number of amides is 2. The summed E-state index contributed by atoms with van der Waals surface area (Å²) < 4.78 is 0. The van der Waals surface area contributed by atoms with Crippen molar-refractivity contribution in [3.05, 3.63) is 33.0 Å². The van der Waals surface area contributed by atoms with Gasteiger partial charge in [0.05, 0.1) is 16.0 Å². The first-order chi connectivity index (χ1) is 12.4. The van der Waals surface area contributed by atoms with E-state index in [0.29, 0.717) is 11.1 Å². The molecule has 0 bridgehead atoms. The van der Waals surface area contributed by atoms with Crippen molar-refractivity contribution in [2.75, 3.05) is 0 Å². The minimum absolute atomic E-state index is 0.111. The molecule has 3 nitrogen and oxygen atoms in total. The monoisotopic (exact) mass is 403 g/mol. The molecule has 3 rings (SSSR count). The van der Waals surface area contributed by atoms with Crippen molar-refractivity contribution in [3.8, 4) is 9.75 Å². The second kappa shape index (κ2) is 6.56. The van der Waals surface area contributed by atoms with Crippen LogP contribution in [0.3, 0.4) is 0 Å². The summed E-state index contributed by atoms with van der Waals surface area (Å²) in [6.45, 7) is 16.8. The van der Waals surface area contributed by atoms with Gasteiger partial charge in [0, 0.05) is 20.7 Å². The van der Waals surface area contributed by atoms with Crippen molar-refractivity contribution in [2.24, 2.45) is 0 Å². The highest BCUT2D eigenvalue weighted by Gasteiger charge is 2.45. The van der Waals surface area contributed by atoms with Gasteiger partial charge < -0.3 is 0 Å². The SMILES string of the molecule is CCC(C)(C)c1ccc(-c2sc(C(C)(C)C)c3c2C(=O)N(C(C)C)C3=O)s1. The van der Waals surface area contributed by atoms with Crippen LogP contribution in [0.1, 0.15) is 92.3 Å². The van der Waals surface area contributed by atoms with E-state index in [1.165, 1.54) is 9.78 Å². The van der Waals surface area contributed by atoms with Gasteiger partial charge in [0.1, 0.15) is 0 Å². The predicted octanol–water partition coefficient (Wildman–Crippen LogP) is 6.47. The number of carbonyl (C=O) groups excluding carboxylic acids is 2. The highest BCUT2D eigenvalue weighted by atomic mass is 32.1. The van der Waals surface area contributed by atoms with Gasteiger partial charge in [-0.3, -0.25) is 14.5 Å². The van der Waals surface area contributed by atoms with E-state index in [9.17, 15) is 9.59 Å². The van der Waals surface area contributed by atoms with Crippen molar-refractivity contribution < 1.29 is 9.59 Å². The number of nitrogens with zero attached hydrogens (tertiary/aromatic N) is 1. The number of carbonyl (C=O) groups is 2. The van der Waals surface area contributed by atoms with Crippen LogP contribution in [-0.2, 0) is 10.8 Å². The van der Waals surface area contributed by atoms with Gasteiger partial charge in [0.2, 0.25) is 0 Å². The molecule has 0 atom stereocenters. The lowest BCUT2D eigenvalue weighted by Gasteiger charge is -2.21. The van der Waals surface area contributed by atoms with Gasteiger partial charge in [0.25, 0.3) is 11.8 Å². The molecule has 0 N–H and O–H groups in total. The summed E-state index contributed by atoms with van der Waals surface area (Å²) in [5.41, 5.74) is 1.18. The Kier molecular flexibility index (Phi) is 4.92. The fraction of sp³-hybridized carbons (Fsp3) is 0.545. The average Bonchev–Trinajstić information content (AvgIpc) is 3.22. The first-order valence-corrected chi connectivity index (χ1v) is 11.2. The average molecular weight is 404 g/mol. The number of imide groups is 1. The molecule has 0 radical (unpaired) electrons. The number of hydrogen-bond donors (Lipinski definition) is 0. The van der Waals surface area contributed by atoms with Crippen molar-refractivity contribution >= 4 is 34.5 Å². The van der Waals surface area contributed by atoms with E-state index in [4.69, 9.17) is 0 Å². The molecule has 27 heavy (non-hydrogen) atoms. The molecule has 0 fully saturated rings. The smallest absolute Gasteiger partial charge is 0.263 e. The van der Waals surface area contributed by atoms with E-state index in [2.05, 4.69) is 53.7 Å². The van der Waals surface area contributed by atoms with Crippen molar-refractivity contribution in [1.82, 2.24) is 4.90 Å². The van der Waals surface area contributed by atoms with E-state index in [0.717, 1.165) is 21.1 Å². The molecule has 2 amide bonds. The maximum atomic E-state index is 13.2. The Bertz CT molecular complexity index is 909. The van der Waals surface area contributed by atoms with Crippen LogP contribution in [0.15, 0.2) is 12.1 Å². The van der Waals surface area contributed by atoms with Crippen molar-refractivity contribution in [2.45, 2.75) is 78.7 Å². The molecular weight excluding hydrogens is 374 g/mol. The first kappa shape index (κ1) is 20.3.